The molecular weight excluding hydrogens is 374 g/mol. The van der Waals surface area contributed by atoms with Crippen LogP contribution in [0.25, 0.3) is 17.1 Å². The van der Waals surface area contributed by atoms with Gasteiger partial charge in [0.1, 0.15) is 5.69 Å². The molecule has 11 heteroatoms. The molecule has 0 aliphatic carbocycles. The minimum atomic E-state index is -0.551. The summed E-state index contributed by atoms with van der Waals surface area (Å²) in [7, 11) is 0. The Balaban J connectivity index is 1.74. The van der Waals surface area contributed by atoms with Gasteiger partial charge in [-0.05, 0) is 29.4 Å². The van der Waals surface area contributed by atoms with Crippen LogP contribution in [0.15, 0.2) is 64.6 Å². The molecule has 1 amide bonds. The number of nitrogens with one attached hydrogen (secondary N) is 1. The van der Waals surface area contributed by atoms with Crippen LogP contribution < -0.4 is 11.2 Å². The van der Waals surface area contributed by atoms with Gasteiger partial charge < -0.3 is 5.73 Å². The number of amides is 1. The molecule has 0 saturated heterocycles. The Labute approximate surface area is 164 Å². The first-order valence-corrected chi connectivity index (χ1v) is 8.49. The quantitative estimate of drug-likeness (QED) is 0.384. The Morgan fingerprint density at radius 3 is 2.59 bits per heavy atom. The lowest BCUT2D eigenvalue weighted by atomic mass is 10.1. The summed E-state index contributed by atoms with van der Waals surface area (Å²) in [5.74, 6) is -0.524. The predicted octanol–water partition coefficient (Wildman–Crippen LogP) is 1.45. The van der Waals surface area contributed by atoms with E-state index < -0.39 is 5.91 Å². The zero-order valence-electron chi connectivity index (χ0n) is 15.2. The fourth-order valence-electron chi connectivity index (χ4n) is 2.61. The standard InChI is InChI=1S/C18H15N9O2/c1-11(12-7-9-20-10-8-12)21-23-18(28)15-14(13-5-3-2-4-6-13)22-26-27(15)17-16(19)24-29-25-17/h2-10H,1H3,(H2,19,24)(H,23,28)/b21-11-. The molecule has 3 heterocycles. The molecule has 0 unspecified atom stereocenters. The fraction of sp³-hybridized carbons (Fsp3) is 0.0556. The number of pyridine rings is 1. The van der Waals surface area contributed by atoms with Crippen molar-refractivity contribution in [2.24, 2.45) is 5.10 Å². The van der Waals surface area contributed by atoms with E-state index in [0.29, 0.717) is 17.0 Å². The first kappa shape index (κ1) is 18.0. The van der Waals surface area contributed by atoms with Gasteiger partial charge >= 0.3 is 0 Å². The molecule has 1 aromatic carbocycles. The highest BCUT2D eigenvalue weighted by Gasteiger charge is 2.25. The number of aromatic nitrogens is 6. The first-order valence-electron chi connectivity index (χ1n) is 8.49. The van der Waals surface area contributed by atoms with Gasteiger partial charge in [-0.25, -0.2) is 10.1 Å². The van der Waals surface area contributed by atoms with Crippen LogP contribution in [0, 0.1) is 0 Å². The zero-order valence-corrected chi connectivity index (χ0v) is 15.2. The van der Waals surface area contributed by atoms with E-state index in [2.05, 4.69) is 40.8 Å². The highest BCUT2D eigenvalue weighted by molar-refractivity contribution is 6.02. The van der Waals surface area contributed by atoms with Crippen molar-refractivity contribution < 1.29 is 9.42 Å². The van der Waals surface area contributed by atoms with Crippen LogP contribution in [-0.4, -0.2) is 41.9 Å². The molecule has 29 heavy (non-hydrogen) atoms. The summed E-state index contributed by atoms with van der Waals surface area (Å²) in [6.07, 6.45) is 3.28. The number of hydrogen-bond acceptors (Lipinski definition) is 9. The smallest absolute Gasteiger partial charge is 0.292 e. The molecule has 0 fully saturated rings. The van der Waals surface area contributed by atoms with Crippen molar-refractivity contribution in [3.63, 3.8) is 0 Å². The summed E-state index contributed by atoms with van der Waals surface area (Å²) in [6, 6.07) is 12.7. The molecule has 0 bridgehead atoms. The molecule has 0 saturated carbocycles. The Kier molecular flexibility index (Phi) is 4.76. The average Bonchev–Trinajstić information content (AvgIpc) is 3.39. The average molecular weight is 389 g/mol. The molecule has 0 atom stereocenters. The summed E-state index contributed by atoms with van der Waals surface area (Å²) in [6.45, 7) is 1.77. The topological polar surface area (TPSA) is 150 Å². The number of benzene rings is 1. The second kappa shape index (κ2) is 7.68. The molecule has 0 radical (unpaired) electrons. The molecule has 4 rings (SSSR count). The van der Waals surface area contributed by atoms with Crippen LogP contribution in [0.4, 0.5) is 5.82 Å². The van der Waals surface area contributed by atoms with E-state index >= 15 is 0 Å². The number of carbonyl (C=O) groups excluding carboxylic acids is 1. The van der Waals surface area contributed by atoms with Gasteiger partial charge in [0.2, 0.25) is 11.6 Å². The van der Waals surface area contributed by atoms with Gasteiger partial charge in [-0.3, -0.25) is 9.78 Å². The maximum atomic E-state index is 13.0. The van der Waals surface area contributed by atoms with E-state index in [0.717, 1.165) is 5.56 Å². The third kappa shape index (κ3) is 3.56. The van der Waals surface area contributed by atoms with Crippen molar-refractivity contribution in [2.45, 2.75) is 6.92 Å². The number of anilines is 1. The van der Waals surface area contributed by atoms with Gasteiger partial charge in [0.25, 0.3) is 5.91 Å². The highest BCUT2D eigenvalue weighted by Crippen LogP contribution is 2.24. The van der Waals surface area contributed by atoms with Crippen LogP contribution in [-0.2, 0) is 0 Å². The monoisotopic (exact) mass is 389 g/mol. The van der Waals surface area contributed by atoms with E-state index in [9.17, 15) is 4.79 Å². The molecule has 4 aromatic rings. The summed E-state index contributed by atoms with van der Waals surface area (Å²) < 4.78 is 5.79. The molecular formula is C18H15N9O2. The maximum absolute atomic E-state index is 13.0. The molecule has 0 spiro atoms. The van der Waals surface area contributed by atoms with Gasteiger partial charge in [0, 0.05) is 23.5 Å². The largest absolute Gasteiger partial charge is 0.378 e. The Bertz CT molecular complexity index is 1170. The predicted molar refractivity (Wildman–Crippen MR) is 103 cm³/mol. The van der Waals surface area contributed by atoms with Gasteiger partial charge in [-0.15, -0.1) is 5.10 Å². The molecule has 0 aliphatic heterocycles. The lowest BCUT2D eigenvalue weighted by Crippen LogP contribution is -2.23. The van der Waals surface area contributed by atoms with Gasteiger partial charge in [-0.1, -0.05) is 35.5 Å². The van der Waals surface area contributed by atoms with E-state index in [-0.39, 0.29) is 17.3 Å². The number of hydrazone groups is 1. The zero-order chi connectivity index (χ0) is 20.2. The molecule has 0 aliphatic rings. The van der Waals surface area contributed by atoms with E-state index in [1.165, 1.54) is 4.68 Å². The minimum absolute atomic E-state index is 0.0278. The number of nitrogens with two attached hydrogens (primary N) is 1. The summed E-state index contributed by atoms with van der Waals surface area (Å²) in [4.78, 5) is 17.0. The normalized spacial score (nSPS) is 11.4. The van der Waals surface area contributed by atoms with Gasteiger partial charge in [-0.2, -0.15) is 9.78 Å². The van der Waals surface area contributed by atoms with Gasteiger partial charge in [0.05, 0.1) is 5.71 Å². The van der Waals surface area contributed by atoms with Crippen molar-refractivity contribution in [1.29, 1.82) is 0 Å². The molecule has 11 nitrogen and oxygen atoms in total. The lowest BCUT2D eigenvalue weighted by Gasteiger charge is -2.06. The van der Waals surface area contributed by atoms with Crippen LogP contribution in [0.3, 0.4) is 0 Å². The summed E-state index contributed by atoms with van der Waals surface area (Å²) in [5, 5.41) is 19.5. The third-order valence-corrected chi connectivity index (χ3v) is 4.05. The number of hydrogen-bond donors (Lipinski definition) is 2. The van der Waals surface area contributed by atoms with Crippen LogP contribution in [0.1, 0.15) is 23.0 Å². The van der Waals surface area contributed by atoms with Crippen molar-refractivity contribution in [3.8, 4) is 17.1 Å². The van der Waals surface area contributed by atoms with Crippen molar-refractivity contribution in [2.75, 3.05) is 5.73 Å². The molecule has 3 N–H and O–H groups in total. The lowest BCUT2D eigenvalue weighted by molar-refractivity contribution is 0.0947. The van der Waals surface area contributed by atoms with E-state index in [1.807, 2.05) is 18.2 Å². The van der Waals surface area contributed by atoms with Crippen LogP contribution >= 0.6 is 0 Å². The van der Waals surface area contributed by atoms with Crippen molar-refractivity contribution in [3.05, 3.63) is 66.1 Å². The minimum Gasteiger partial charge on any atom is -0.378 e. The number of rotatable bonds is 5. The first-order chi connectivity index (χ1) is 14.1. The second-order valence-electron chi connectivity index (χ2n) is 5.91. The molecule has 3 aromatic heterocycles. The molecule has 144 valence electrons. The van der Waals surface area contributed by atoms with Crippen LogP contribution in [0.2, 0.25) is 0 Å². The van der Waals surface area contributed by atoms with Crippen molar-refractivity contribution >= 4 is 17.4 Å². The Morgan fingerprint density at radius 2 is 1.90 bits per heavy atom. The maximum Gasteiger partial charge on any atom is 0.292 e. The number of nitrogen functional groups attached to an aromatic ring is 1. The van der Waals surface area contributed by atoms with Crippen molar-refractivity contribution in [1.82, 2.24) is 35.7 Å². The van der Waals surface area contributed by atoms with Gasteiger partial charge in [0.15, 0.2) is 5.69 Å². The Hall–Kier alpha value is -4.41. The summed E-state index contributed by atoms with van der Waals surface area (Å²) >= 11 is 0. The Morgan fingerprint density at radius 1 is 1.14 bits per heavy atom. The van der Waals surface area contributed by atoms with E-state index in [1.54, 1.807) is 43.6 Å². The third-order valence-electron chi connectivity index (χ3n) is 4.05. The SMILES string of the molecule is C/C(=N/NC(=O)c1c(-c2ccccc2)nnn1-c1nonc1N)c1ccncc1. The van der Waals surface area contributed by atoms with Crippen LogP contribution in [0.5, 0.6) is 0 Å². The van der Waals surface area contributed by atoms with E-state index in [4.69, 9.17) is 5.73 Å². The second-order valence-corrected chi connectivity index (χ2v) is 5.91. The number of nitrogens with zero attached hydrogens (tertiary/aromatic N) is 7. The fourth-order valence-corrected chi connectivity index (χ4v) is 2.61. The number of carbonyl (C=O) groups is 1. The highest BCUT2D eigenvalue weighted by atomic mass is 16.6. The summed E-state index contributed by atoms with van der Waals surface area (Å²) in [5.41, 5.74) is 10.8.